The minimum Gasteiger partial charge on any atom is -0.492 e. The summed E-state index contributed by atoms with van der Waals surface area (Å²) < 4.78 is 11.1. The van der Waals surface area contributed by atoms with Gasteiger partial charge in [-0.15, -0.1) is 0 Å². The zero-order valence-electron chi connectivity index (χ0n) is 16.9. The van der Waals surface area contributed by atoms with Crippen LogP contribution < -0.4 is 10.1 Å². The van der Waals surface area contributed by atoms with Crippen molar-refractivity contribution in [3.05, 3.63) is 47.4 Å². The molecule has 0 bridgehead atoms. The Morgan fingerprint density at radius 3 is 2.72 bits per heavy atom. The third-order valence-electron chi connectivity index (χ3n) is 5.00. The molecule has 1 heterocycles. The standard InChI is InChI=1S/C21H27BN2O5/c1-3-11-24(22(2)27)12-13-28-16-9-7-15(8-10-16)23-21(26)17-14-29-19-6-4-5-18(25)20(17)19/h7-10,14,27H,3-6,11-13H2,1-2H3,(H,23,26). The van der Waals surface area contributed by atoms with Gasteiger partial charge in [-0.1, -0.05) is 6.92 Å². The van der Waals surface area contributed by atoms with E-state index in [-0.39, 0.29) is 11.7 Å². The molecule has 3 rings (SSSR count). The maximum atomic E-state index is 12.6. The number of ether oxygens (including phenoxy) is 1. The number of nitrogens with zero attached hydrogens (tertiary/aromatic N) is 1. The summed E-state index contributed by atoms with van der Waals surface area (Å²) in [4.78, 5) is 26.6. The minimum absolute atomic E-state index is 0.0387. The van der Waals surface area contributed by atoms with E-state index in [1.807, 2.05) is 4.81 Å². The zero-order valence-corrected chi connectivity index (χ0v) is 16.9. The Morgan fingerprint density at radius 1 is 1.28 bits per heavy atom. The van der Waals surface area contributed by atoms with Gasteiger partial charge in [-0.05, 0) is 50.5 Å². The van der Waals surface area contributed by atoms with Gasteiger partial charge >= 0.3 is 7.05 Å². The number of carbonyl (C=O) groups is 2. The van der Waals surface area contributed by atoms with Crippen LogP contribution in [-0.4, -0.2) is 48.3 Å². The smallest absolute Gasteiger partial charge is 0.376 e. The topological polar surface area (TPSA) is 92.0 Å². The lowest BCUT2D eigenvalue weighted by Gasteiger charge is -2.22. The van der Waals surface area contributed by atoms with E-state index >= 15 is 0 Å². The van der Waals surface area contributed by atoms with Crippen LogP contribution in [0.25, 0.3) is 0 Å². The molecule has 29 heavy (non-hydrogen) atoms. The summed E-state index contributed by atoms with van der Waals surface area (Å²) in [6, 6.07) is 7.05. The highest BCUT2D eigenvalue weighted by Gasteiger charge is 2.27. The highest BCUT2D eigenvalue weighted by atomic mass is 16.5. The minimum atomic E-state index is -0.503. The average Bonchev–Trinajstić information content (AvgIpc) is 3.14. The fourth-order valence-electron chi connectivity index (χ4n) is 3.48. The Bertz CT molecular complexity index is 847. The first-order chi connectivity index (χ1) is 14.0. The van der Waals surface area contributed by atoms with Gasteiger partial charge < -0.3 is 24.3 Å². The van der Waals surface area contributed by atoms with Crippen LogP contribution in [0.1, 0.15) is 52.7 Å². The van der Waals surface area contributed by atoms with Crippen LogP contribution in [0.15, 0.2) is 34.9 Å². The Morgan fingerprint density at radius 2 is 2.03 bits per heavy atom. The van der Waals surface area contributed by atoms with Gasteiger partial charge in [0, 0.05) is 25.1 Å². The van der Waals surface area contributed by atoms with Crippen LogP contribution >= 0.6 is 0 Å². The maximum Gasteiger partial charge on any atom is 0.376 e. The van der Waals surface area contributed by atoms with Crippen LogP contribution in [0, 0.1) is 0 Å². The molecular formula is C21H27BN2O5. The summed E-state index contributed by atoms with van der Waals surface area (Å²) in [7, 11) is -0.503. The van der Waals surface area contributed by atoms with Gasteiger partial charge in [0.2, 0.25) is 0 Å². The molecule has 0 atom stereocenters. The van der Waals surface area contributed by atoms with Crippen molar-refractivity contribution in [3.63, 3.8) is 0 Å². The van der Waals surface area contributed by atoms with Crippen LogP contribution in [-0.2, 0) is 6.42 Å². The van der Waals surface area contributed by atoms with Crippen LogP contribution in [0.5, 0.6) is 5.75 Å². The molecule has 1 aromatic carbocycles. The molecule has 0 radical (unpaired) electrons. The van der Waals surface area contributed by atoms with E-state index < -0.39 is 7.05 Å². The van der Waals surface area contributed by atoms with Crippen molar-refractivity contribution in [2.45, 2.75) is 39.4 Å². The Kier molecular flexibility index (Phi) is 7.11. The number of fused-ring (bicyclic) bond motifs is 1. The fourth-order valence-corrected chi connectivity index (χ4v) is 3.48. The summed E-state index contributed by atoms with van der Waals surface area (Å²) in [5, 5.41) is 12.5. The van der Waals surface area contributed by atoms with Crippen LogP contribution in [0.2, 0.25) is 6.82 Å². The van der Waals surface area contributed by atoms with E-state index in [1.54, 1.807) is 31.1 Å². The number of furan rings is 1. The second kappa shape index (κ2) is 9.76. The highest BCUT2D eigenvalue weighted by molar-refractivity contribution is 6.45. The predicted octanol–water partition coefficient (Wildman–Crippen LogP) is 3.25. The molecule has 0 fully saturated rings. The molecular weight excluding hydrogens is 371 g/mol. The van der Waals surface area contributed by atoms with Crippen LogP contribution in [0.4, 0.5) is 5.69 Å². The molecule has 1 aromatic heterocycles. The number of carbonyl (C=O) groups excluding carboxylic acids is 2. The number of amides is 1. The van der Waals surface area contributed by atoms with Gasteiger partial charge in [-0.3, -0.25) is 9.59 Å². The zero-order chi connectivity index (χ0) is 20.8. The third-order valence-corrected chi connectivity index (χ3v) is 5.00. The fraction of sp³-hybridized carbons (Fsp3) is 0.429. The van der Waals surface area contributed by atoms with E-state index in [9.17, 15) is 14.6 Å². The molecule has 1 aliphatic carbocycles. The van der Waals surface area contributed by atoms with Crippen molar-refractivity contribution in [2.24, 2.45) is 0 Å². The van der Waals surface area contributed by atoms with Crippen molar-refractivity contribution >= 4 is 24.4 Å². The molecule has 0 spiro atoms. The number of rotatable bonds is 9. The lowest BCUT2D eigenvalue weighted by atomic mass is 9.85. The van der Waals surface area contributed by atoms with Gasteiger partial charge in [-0.2, -0.15) is 0 Å². The van der Waals surface area contributed by atoms with Gasteiger partial charge in [0.1, 0.15) is 17.8 Å². The van der Waals surface area contributed by atoms with E-state index in [0.29, 0.717) is 54.3 Å². The number of hydrogen-bond donors (Lipinski definition) is 2. The molecule has 0 saturated carbocycles. The molecule has 8 heteroatoms. The van der Waals surface area contributed by atoms with Crippen molar-refractivity contribution < 1.29 is 23.8 Å². The number of hydrogen-bond acceptors (Lipinski definition) is 6. The molecule has 0 aliphatic heterocycles. The number of Topliss-reactive ketones (excluding diaryl/α,β-unsaturated/α-hetero) is 1. The predicted molar refractivity (Wildman–Crippen MR) is 112 cm³/mol. The number of nitrogens with one attached hydrogen (secondary N) is 1. The highest BCUT2D eigenvalue weighted by Crippen LogP contribution is 2.27. The molecule has 2 N–H and O–H groups in total. The first-order valence-corrected chi connectivity index (χ1v) is 10.1. The average molecular weight is 398 g/mol. The summed E-state index contributed by atoms with van der Waals surface area (Å²) in [5.41, 5.74) is 1.32. The summed E-state index contributed by atoms with van der Waals surface area (Å²) in [6.45, 7) is 5.71. The second-order valence-corrected chi connectivity index (χ2v) is 7.22. The van der Waals surface area contributed by atoms with Crippen molar-refractivity contribution in [1.82, 2.24) is 4.81 Å². The first-order valence-electron chi connectivity index (χ1n) is 10.1. The normalized spacial score (nSPS) is 13.3. The van der Waals surface area contributed by atoms with Gasteiger partial charge in [-0.25, -0.2) is 0 Å². The molecule has 154 valence electrons. The lowest BCUT2D eigenvalue weighted by Crippen LogP contribution is -2.40. The Balaban J connectivity index is 1.55. The van der Waals surface area contributed by atoms with E-state index in [2.05, 4.69) is 12.2 Å². The lowest BCUT2D eigenvalue weighted by molar-refractivity contribution is 0.0955. The summed E-state index contributed by atoms with van der Waals surface area (Å²) in [5.74, 6) is 0.889. The maximum absolute atomic E-state index is 12.6. The number of benzene rings is 1. The number of anilines is 1. The molecule has 0 saturated heterocycles. The van der Waals surface area contributed by atoms with Crippen LogP contribution in [0.3, 0.4) is 0 Å². The van der Waals surface area contributed by atoms with Crippen molar-refractivity contribution in [2.75, 3.05) is 25.0 Å². The molecule has 1 amide bonds. The number of aryl methyl sites for hydroxylation is 1. The van der Waals surface area contributed by atoms with Gasteiger partial charge in [0.25, 0.3) is 5.91 Å². The number of ketones is 1. The molecule has 0 unspecified atom stereocenters. The first kappa shape index (κ1) is 21.1. The van der Waals surface area contributed by atoms with E-state index in [0.717, 1.165) is 19.4 Å². The van der Waals surface area contributed by atoms with E-state index in [1.165, 1.54) is 6.26 Å². The Hall–Kier alpha value is -2.58. The molecule has 7 nitrogen and oxygen atoms in total. The molecule has 2 aromatic rings. The quantitative estimate of drug-likeness (QED) is 0.630. The SMILES string of the molecule is CCCN(CCOc1ccc(NC(=O)c2coc3c2C(=O)CCC3)cc1)B(C)O. The largest absolute Gasteiger partial charge is 0.492 e. The van der Waals surface area contributed by atoms with E-state index in [4.69, 9.17) is 9.15 Å². The molecule has 1 aliphatic rings. The van der Waals surface area contributed by atoms with Gasteiger partial charge in [0.05, 0.1) is 17.7 Å². The van der Waals surface area contributed by atoms with Crippen molar-refractivity contribution in [1.29, 1.82) is 0 Å². The monoisotopic (exact) mass is 398 g/mol. The summed E-state index contributed by atoms with van der Waals surface area (Å²) >= 11 is 0. The summed E-state index contributed by atoms with van der Waals surface area (Å²) in [6.07, 6.45) is 4.22. The second-order valence-electron chi connectivity index (χ2n) is 7.22. The van der Waals surface area contributed by atoms with Crippen molar-refractivity contribution in [3.8, 4) is 5.75 Å². The van der Waals surface area contributed by atoms with Gasteiger partial charge in [0.15, 0.2) is 5.78 Å². The third kappa shape index (κ3) is 5.28. The Labute approximate surface area is 171 Å².